The maximum atomic E-state index is 12.2. The maximum Gasteiger partial charge on any atom is 0.266 e. The highest BCUT2D eigenvalue weighted by atomic mass is 16.1. The van der Waals surface area contributed by atoms with E-state index in [1.807, 2.05) is 24.4 Å². The van der Waals surface area contributed by atoms with Gasteiger partial charge in [-0.25, -0.2) is 4.68 Å². The first-order chi connectivity index (χ1) is 13.3. The molecule has 1 aliphatic heterocycles. The Balaban J connectivity index is 1.29. The van der Waals surface area contributed by atoms with E-state index in [1.54, 1.807) is 10.7 Å². The lowest BCUT2D eigenvalue weighted by atomic mass is 9.96. The summed E-state index contributed by atoms with van der Waals surface area (Å²) in [5.74, 6) is 2.02. The van der Waals surface area contributed by atoms with Crippen molar-refractivity contribution < 1.29 is 0 Å². The average Bonchev–Trinajstić information content (AvgIpc) is 3.55. The van der Waals surface area contributed by atoms with Gasteiger partial charge in [-0.3, -0.25) is 4.79 Å². The van der Waals surface area contributed by atoms with Crippen LogP contribution in [0.2, 0.25) is 0 Å². The van der Waals surface area contributed by atoms with E-state index in [0.717, 1.165) is 48.2 Å². The fraction of sp³-hybridized carbons (Fsp3) is 0.429. The van der Waals surface area contributed by atoms with Crippen LogP contribution in [0.1, 0.15) is 37.3 Å². The van der Waals surface area contributed by atoms with Crippen LogP contribution in [0.25, 0.3) is 10.8 Å². The summed E-state index contributed by atoms with van der Waals surface area (Å²) in [6.07, 6.45) is 6.29. The van der Waals surface area contributed by atoms with E-state index in [1.165, 1.54) is 12.8 Å². The van der Waals surface area contributed by atoms with Gasteiger partial charge in [0.1, 0.15) is 0 Å². The zero-order chi connectivity index (χ0) is 18.2. The summed E-state index contributed by atoms with van der Waals surface area (Å²) in [7, 11) is 0. The molecule has 3 aromatic rings. The molecule has 1 aliphatic carbocycles. The molecule has 0 atom stereocenters. The first-order valence-corrected chi connectivity index (χ1v) is 9.81. The van der Waals surface area contributed by atoms with Gasteiger partial charge in [-0.1, -0.05) is 24.3 Å². The average molecular weight is 361 g/mol. The molecule has 5 rings (SSSR count). The van der Waals surface area contributed by atoms with Crippen LogP contribution < -0.4 is 10.5 Å². The van der Waals surface area contributed by atoms with E-state index in [2.05, 4.69) is 32.3 Å². The zero-order valence-electron chi connectivity index (χ0n) is 15.3. The second kappa shape index (κ2) is 6.76. The zero-order valence-corrected chi connectivity index (χ0v) is 15.3. The number of nitrogens with zero attached hydrogens (tertiary/aromatic N) is 5. The Morgan fingerprint density at radius 1 is 1.00 bits per heavy atom. The number of aromatic nitrogens is 4. The highest BCUT2D eigenvalue weighted by molar-refractivity contribution is 5.91. The molecule has 0 radical (unpaired) electrons. The Morgan fingerprint density at radius 2 is 1.81 bits per heavy atom. The minimum atomic E-state index is 0.0155. The highest BCUT2D eigenvalue weighted by Crippen LogP contribution is 2.38. The molecular formula is C21H23N5O. The quantitative estimate of drug-likeness (QED) is 0.715. The second-order valence-electron chi connectivity index (χ2n) is 7.74. The van der Waals surface area contributed by atoms with Gasteiger partial charge in [-0.2, -0.15) is 10.2 Å². The Bertz CT molecular complexity index is 1010. The normalized spacial score (nSPS) is 18.1. The van der Waals surface area contributed by atoms with Crippen molar-refractivity contribution in [3.8, 4) is 0 Å². The summed E-state index contributed by atoms with van der Waals surface area (Å²) in [4.78, 5) is 14.5. The molecule has 0 N–H and O–H groups in total. The first kappa shape index (κ1) is 16.4. The maximum absolute atomic E-state index is 12.2. The van der Waals surface area contributed by atoms with E-state index in [4.69, 9.17) is 0 Å². The largest absolute Gasteiger partial charge is 0.355 e. The summed E-state index contributed by atoms with van der Waals surface area (Å²) >= 11 is 0. The standard InChI is InChI=1S/C21H23N5O/c27-20-8-7-19(16-5-6-16)24-26(20)14-15-9-11-25(12-10-15)21-18-4-2-1-3-17(18)13-22-23-21/h1-4,7-8,13,15-16H,5-6,9-12,14H2. The van der Waals surface area contributed by atoms with Gasteiger partial charge in [0, 0.05) is 42.4 Å². The number of piperidine rings is 1. The van der Waals surface area contributed by atoms with Crippen molar-refractivity contribution in [1.29, 1.82) is 0 Å². The Morgan fingerprint density at radius 3 is 2.63 bits per heavy atom. The first-order valence-electron chi connectivity index (χ1n) is 9.81. The highest BCUT2D eigenvalue weighted by Gasteiger charge is 2.26. The predicted octanol–water partition coefficient (Wildman–Crippen LogP) is 2.98. The predicted molar refractivity (Wildman–Crippen MR) is 105 cm³/mol. The van der Waals surface area contributed by atoms with Gasteiger partial charge in [-0.15, -0.1) is 5.10 Å². The molecule has 1 saturated heterocycles. The second-order valence-corrected chi connectivity index (χ2v) is 7.74. The van der Waals surface area contributed by atoms with Crippen LogP contribution in [0.4, 0.5) is 5.82 Å². The van der Waals surface area contributed by atoms with E-state index in [-0.39, 0.29) is 5.56 Å². The molecule has 1 aromatic carbocycles. The molecule has 0 bridgehead atoms. The van der Waals surface area contributed by atoms with Crippen molar-refractivity contribution in [3.63, 3.8) is 0 Å². The SMILES string of the molecule is O=c1ccc(C2CC2)nn1CC1CCN(c2nncc3ccccc23)CC1. The van der Waals surface area contributed by atoms with Gasteiger partial charge >= 0.3 is 0 Å². The van der Waals surface area contributed by atoms with Crippen molar-refractivity contribution in [2.45, 2.75) is 38.1 Å². The van der Waals surface area contributed by atoms with Crippen molar-refractivity contribution in [2.24, 2.45) is 5.92 Å². The van der Waals surface area contributed by atoms with E-state index < -0.39 is 0 Å². The van der Waals surface area contributed by atoms with Crippen LogP contribution in [0, 0.1) is 5.92 Å². The number of hydrogen-bond donors (Lipinski definition) is 0. The fourth-order valence-corrected chi connectivity index (χ4v) is 4.01. The van der Waals surface area contributed by atoms with Crippen molar-refractivity contribution in [1.82, 2.24) is 20.0 Å². The van der Waals surface area contributed by atoms with Crippen molar-refractivity contribution >= 4 is 16.6 Å². The lowest BCUT2D eigenvalue weighted by Gasteiger charge is -2.33. The molecule has 0 spiro atoms. The van der Waals surface area contributed by atoms with E-state index in [9.17, 15) is 4.79 Å². The van der Waals surface area contributed by atoms with Gasteiger partial charge in [0.15, 0.2) is 5.82 Å². The van der Waals surface area contributed by atoms with Gasteiger partial charge in [-0.05, 0) is 37.7 Å². The van der Waals surface area contributed by atoms with E-state index in [0.29, 0.717) is 18.4 Å². The van der Waals surface area contributed by atoms with Crippen molar-refractivity contribution in [3.05, 3.63) is 58.6 Å². The summed E-state index contributed by atoms with van der Waals surface area (Å²) in [5, 5.41) is 15.5. The minimum Gasteiger partial charge on any atom is -0.355 e. The molecule has 6 nitrogen and oxygen atoms in total. The molecule has 27 heavy (non-hydrogen) atoms. The summed E-state index contributed by atoms with van der Waals surface area (Å²) < 4.78 is 1.69. The summed E-state index contributed by atoms with van der Waals surface area (Å²) in [6, 6.07) is 11.8. The van der Waals surface area contributed by atoms with Crippen LogP contribution in [0.5, 0.6) is 0 Å². The summed E-state index contributed by atoms with van der Waals surface area (Å²) in [6.45, 7) is 2.59. The lowest BCUT2D eigenvalue weighted by Crippen LogP contribution is -2.37. The smallest absolute Gasteiger partial charge is 0.266 e. The van der Waals surface area contributed by atoms with Gasteiger partial charge in [0.05, 0.1) is 11.9 Å². The molecule has 2 aromatic heterocycles. The lowest BCUT2D eigenvalue weighted by molar-refractivity contribution is 0.333. The molecular weight excluding hydrogens is 338 g/mol. The van der Waals surface area contributed by atoms with Crippen LogP contribution >= 0.6 is 0 Å². The van der Waals surface area contributed by atoms with Crippen LogP contribution in [0.15, 0.2) is 47.4 Å². The number of hydrogen-bond acceptors (Lipinski definition) is 5. The molecule has 0 amide bonds. The minimum absolute atomic E-state index is 0.0155. The number of benzene rings is 1. The topological polar surface area (TPSA) is 63.9 Å². The van der Waals surface area contributed by atoms with Crippen LogP contribution in [-0.2, 0) is 6.54 Å². The number of rotatable bonds is 4. The molecule has 138 valence electrons. The monoisotopic (exact) mass is 361 g/mol. The van der Waals surface area contributed by atoms with Crippen LogP contribution in [0.3, 0.4) is 0 Å². The molecule has 1 saturated carbocycles. The van der Waals surface area contributed by atoms with E-state index >= 15 is 0 Å². The number of fused-ring (bicyclic) bond motifs is 1. The molecule has 3 heterocycles. The fourth-order valence-electron chi connectivity index (χ4n) is 4.01. The molecule has 2 aliphatic rings. The van der Waals surface area contributed by atoms with Crippen molar-refractivity contribution in [2.75, 3.05) is 18.0 Å². The van der Waals surface area contributed by atoms with Gasteiger partial charge in [0.25, 0.3) is 5.56 Å². The molecule has 2 fully saturated rings. The third-order valence-electron chi connectivity index (χ3n) is 5.78. The third kappa shape index (κ3) is 3.31. The molecule has 0 unspecified atom stereocenters. The Labute approximate surface area is 157 Å². The number of anilines is 1. The van der Waals surface area contributed by atoms with Gasteiger partial charge in [0.2, 0.25) is 0 Å². The Kier molecular flexibility index (Phi) is 4.11. The Hall–Kier alpha value is -2.76. The van der Waals surface area contributed by atoms with Crippen LogP contribution in [-0.4, -0.2) is 33.1 Å². The molecule has 6 heteroatoms. The third-order valence-corrected chi connectivity index (χ3v) is 5.78. The summed E-state index contributed by atoms with van der Waals surface area (Å²) in [5.41, 5.74) is 1.10. The van der Waals surface area contributed by atoms with Gasteiger partial charge < -0.3 is 4.90 Å².